The highest BCUT2D eigenvalue weighted by Crippen LogP contribution is 2.35. The van der Waals surface area contributed by atoms with Gasteiger partial charge in [0.05, 0.1) is 13.1 Å². The molecule has 8 heteroatoms. The summed E-state index contributed by atoms with van der Waals surface area (Å²) in [5.41, 5.74) is 6.94. The zero-order valence-electron chi connectivity index (χ0n) is 24.6. The molecule has 6 rings (SSSR count). The fraction of sp³-hybridized carbons (Fsp3) is 0.394. The fourth-order valence-corrected chi connectivity index (χ4v) is 5.94. The van der Waals surface area contributed by atoms with Crippen LogP contribution in [0.2, 0.25) is 0 Å². The van der Waals surface area contributed by atoms with Crippen LogP contribution in [0.25, 0.3) is 11.4 Å². The van der Waals surface area contributed by atoms with Crippen molar-refractivity contribution in [2.75, 3.05) is 54.0 Å². The average Bonchev–Trinajstić information content (AvgIpc) is 3.02. The summed E-state index contributed by atoms with van der Waals surface area (Å²) in [6.45, 7) is 14.2. The van der Waals surface area contributed by atoms with Crippen molar-refractivity contribution in [3.05, 3.63) is 82.8 Å². The molecule has 1 fully saturated rings. The molecule has 0 atom stereocenters. The molecule has 0 bridgehead atoms. The van der Waals surface area contributed by atoms with E-state index in [1.165, 1.54) is 16.7 Å². The predicted octanol–water partition coefficient (Wildman–Crippen LogP) is 5.40. The second-order valence-corrected chi connectivity index (χ2v) is 10.8. The van der Waals surface area contributed by atoms with Crippen molar-refractivity contribution in [1.82, 2.24) is 19.9 Å². The van der Waals surface area contributed by atoms with E-state index in [0.717, 1.165) is 91.5 Å². The molecule has 212 valence electrons. The van der Waals surface area contributed by atoms with Crippen molar-refractivity contribution >= 4 is 17.5 Å². The van der Waals surface area contributed by atoms with E-state index >= 15 is 0 Å². The van der Waals surface area contributed by atoms with Crippen LogP contribution in [0, 0.1) is 13.8 Å². The van der Waals surface area contributed by atoms with Crippen molar-refractivity contribution in [2.45, 2.75) is 47.1 Å². The number of fused-ring (bicyclic) bond motifs is 1. The maximum atomic E-state index is 5.95. The van der Waals surface area contributed by atoms with Crippen molar-refractivity contribution < 1.29 is 4.74 Å². The normalized spacial score (nSPS) is 15.1. The fourth-order valence-electron chi connectivity index (χ4n) is 5.94. The average molecular weight is 550 g/mol. The van der Waals surface area contributed by atoms with Crippen LogP contribution in [-0.2, 0) is 19.4 Å². The Kier molecular flexibility index (Phi) is 7.72. The lowest BCUT2D eigenvalue weighted by atomic mass is 9.96. The van der Waals surface area contributed by atoms with E-state index in [9.17, 15) is 0 Å². The minimum absolute atomic E-state index is 0.636. The maximum Gasteiger partial charge on any atom is 0.172 e. The number of aromatic nitrogens is 4. The molecule has 0 aliphatic carbocycles. The summed E-state index contributed by atoms with van der Waals surface area (Å²) in [6, 6.07) is 16.7. The van der Waals surface area contributed by atoms with Gasteiger partial charge in [-0.05, 0) is 62.1 Å². The molecule has 0 radical (unpaired) electrons. The zero-order chi connectivity index (χ0) is 28.3. The van der Waals surface area contributed by atoms with Crippen LogP contribution in [0.5, 0.6) is 5.75 Å². The molecule has 0 saturated carbocycles. The van der Waals surface area contributed by atoms with E-state index in [1.807, 2.05) is 31.3 Å². The predicted molar refractivity (Wildman–Crippen MR) is 165 cm³/mol. The van der Waals surface area contributed by atoms with E-state index in [-0.39, 0.29) is 0 Å². The minimum atomic E-state index is 0.636. The topological polar surface area (TPSA) is 70.5 Å². The molecule has 8 nitrogen and oxygen atoms in total. The highest BCUT2D eigenvalue weighted by Gasteiger charge is 2.28. The highest BCUT2D eigenvalue weighted by atomic mass is 16.5. The van der Waals surface area contributed by atoms with E-state index in [2.05, 4.69) is 70.8 Å². The minimum Gasteiger partial charge on any atom is -0.488 e. The number of anilines is 3. The SMILES string of the molecule is CCc1cccc(CC)c1-c1nc(C)c(CN2CCOc3ccc(C)nc32)c(N2CCN(c3ccccn3)CC2)n1. The molecule has 0 amide bonds. The largest absolute Gasteiger partial charge is 0.488 e. The van der Waals surface area contributed by atoms with Gasteiger partial charge in [0.1, 0.15) is 18.2 Å². The Hall–Kier alpha value is -4.20. The molecule has 1 saturated heterocycles. The Morgan fingerprint density at radius 1 is 0.756 bits per heavy atom. The van der Waals surface area contributed by atoms with Gasteiger partial charge in [-0.3, -0.25) is 0 Å². The Morgan fingerprint density at radius 3 is 2.22 bits per heavy atom. The van der Waals surface area contributed by atoms with Gasteiger partial charge < -0.3 is 19.4 Å². The molecule has 1 aromatic carbocycles. The molecule has 2 aliphatic heterocycles. The molecular formula is C33H39N7O. The van der Waals surface area contributed by atoms with Gasteiger partial charge >= 0.3 is 0 Å². The number of piperazine rings is 1. The first-order valence-electron chi connectivity index (χ1n) is 14.8. The van der Waals surface area contributed by atoms with Crippen LogP contribution >= 0.6 is 0 Å². The van der Waals surface area contributed by atoms with Gasteiger partial charge in [0.2, 0.25) is 0 Å². The molecular weight excluding hydrogens is 510 g/mol. The summed E-state index contributed by atoms with van der Waals surface area (Å²) in [4.78, 5) is 27.1. The maximum absolute atomic E-state index is 5.95. The number of aryl methyl sites for hydroxylation is 4. The lowest BCUT2D eigenvalue weighted by Gasteiger charge is -2.38. The Morgan fingerprint density at radius 2 is 1.51 bits per heavy atom. The highest BCUT2D eigenvalue weighted by molar-refractivity contribution is 5.68. The quantitative estimate of drug-likeness (QED) is 0.304. The molecule has 5 heterocycles. The Labute approximate surface area is 243 Å². The molecule has 2 aliphatic rings. The number of pyridine rings is 2. The van der Waals surface area contributed by atoms with Crippen molar-refractivity contribution in [1.29, 1.82) is 0 Å². The van der Waals surface area contributed by atoms with Crippen LogP contribution in [0.3, 0.4) is 0 Å². The van der Waals surface area contributed by atoms with Gasteiger partial charge in [-0.1, -0.05) is 38.1 Å². The van der Waals surface area contributed by atoms with Crippen LogP contribution in [-0.4, -0.2) is 59.3 Å². The molecule has 0 N–H and O–H groups in total. The summed E-state index contributed by atoms with van der Waals surface area (Å²) < 4.78 is 5.95. The Balaban J connectivity index is 1.40. The molecule has 4 aromatic rings. The van der Waals surface area contributed by atoms with Gasteiger partial charge in [0.15, 0.2) is 17.4 Å². The van der Waals surface area contributed by atoms with E-state index in [1.54, 1.807) is 0 Å². The third-order valence-corrected chi connectivity index (χ3v) is 8.21. The second-order valence-electron chi connectivity index (χ2n) is 10.8. The number of hydrogen-bond acceptors (Lipinski definition) is 8. The third-order valence-electron chi connectivity index (χ3n) is 8.21. The summed E-state index contributed by atoms with van der Waals surface area (Å²) in [6.07, 6.45) is 3.76. The lowest BCUT2D eigenvalue weighted by Crippen LogP contribution is -2.47. The van der Waals surface area contributed by atoms with Gasteiger partial charge in [-0.2, -0.15) is 0 Å². The molecule has 0 unspecified atom stereocenters. The number of benzene rings is 1. The number of nitrogens with zero attached hydrogens (tertiary/aromatic N) is 7. The number of ether oxygens (including phenoxy) is 1. The van der Waals surface area contributed by atoms with Crippen LogP contribution in [0.4, 0.5) is 17.5 Å². The van der Waals surface area contributed by atoms with Crippen LogP contribution in [0.1, 0.15) is 41.9 Å². The van der Waals surface area contributed by atoms with E-state index < -0.39 is 0 Å². The summed E-state index contributed by atoms with van der Waals surface area (Å²) in [5.74, 6) is 4.63. The van der Waals surface area contributed by atoms with Gasteiger partial charge in [0, 0.05) is 54.9 Å². The second kappa shape index (κ2) is 11.7. The monoisotopic (exact) mass is 549 g/mol. The van der Waals surface area contributed by atoms with Gasteiger partial charge in [-0.25, -0.2) is 19.9 Å². The summed E-state index contributed by atoms with van der Waals surface area (Å²) in [7, 11) is 0. The van der Waals surface area contributed by atoms with Crippen LogP contribution < -0.4 is 19.4 Å². The van der Waals surface area contributed by atoms with Crippen molar-refractivity contribution in [3.63, 3.8) is 0 Å². The number of rotatable bonds is 7. The first-order chi connectivity index (χ1) is 20.1. The first kappa shape index (κ1) is 27.0. The zero-order valence-corrected chi connectivity index (χ0v) is 24.6. The first-order valence-corrected chi connectivity index (χ1v) is 14.8. The smallest absolute Gasteiger partial charge is 0.172 e. The molecule has 0 spiro atoms. The molecule has 41 heavy (non-hydrogen) atoms. The van der Waals surface area contributed by atoms with E-state index in [4.69, 9.17) is 19.7 Å². The van der Waals surface area contributed by atoms with Gasteiger partial charge in [-0.15, -0.1) is 0 Å². The van der Waals surface area contributed by atoms with Crippen molar-refractivity contribution in [2.24, 2.45) is 0 Å². The number of hydrogen-bond donors (Lipinski definition) is 0. The third kappa shape index (κ3) is 5.43. The van der Waals surface area contributed by atoms with Crippen LogP contribution in [0.15, 0.2) is 54.7 Å². The Bertz CT molecular complexity index is 1490. The standard InChI is InChI=1S/C33H39N7O/c1-5-25-10-9-11-26(6-2)30(25)31-36-24(4)27(22-40-20-21-41-28-14-13-23(3)35-33(28)40)32(37-31)39-18-16-38(17-19-39)29-12-7-8-15-34-29/h7-15H,5-6,16-22H2,1-4H3. The van der Waals surface area contributed by atoms with Crippen molar-refractivity contribution in [3.8, 4) is 17.1 Å². The van der Waals surface area contributed by atoms with E-state index in [0.29, 0.717) is 13.2 Å². The molecule has 3 aromatic heterocycles. The summed E-state index contributed by atoms with van der Waals surface area (Å²) in [5, 5.41) is 0. The lowest BCUT2D eigenvalue weighted by molar-refractivity contribution is 0.304. The summed E-state index contributed by atoms with van der Waals surface area (Å²) >= 11 is 0. The van der Waals surface area contributed by atoms with Gasteiger partial charge in [0.25, 0.3) is 0 Å².